The van der Waals surface area contributed by atoms with Gasteiger partial charge in [0.2, 0.25) is 0 Å². The van der Waals surface area contributed by atoms with Gasteiger partial charge in [0.05, 0.1) is 5.56 Å². The topological polar surface area (TPSA) is 113 Å². The number of phenols is 1. The molecule has 0 aliphatic rings. The zero-order valence-electron chi connectivity index (χ0n) is 8.18. The lowest BCUT2D eigenvalue weighted by Gasteiger charge is -2.03. The number of hydrogen-bond acceptors (Lipinski definition) is 4. The van der Waals surface area contributed by atoms with Crippen molar-refractivity contribution in [3.05, 3.63) is 35.4 Å². The van der Waals surface area contributed by atoms with E-state index < -0.39 is 11.8 Å². The lowest BCUT2D eigenvalue weighted by molar-refractivity contribution is -0.124. The molecule has 0 fully saturated rings. The van der Waals surface area contributed by atoms with Crippen molar-refractivity contribution < 1.29 is 19.9 Å². The van der Waals surface area contributed by atoms with Crippen molar-refractivity contribution in [2.45, 2.75) is 0 Å². The van der Waals surface area contributed by atoms with E-state index in [1.807, 2.05) is 0 Å². The average molecular weight is 222 g/mol. The van der Waals surface area contributed by atoms with Gasteiger partial charge in [-0.15, -0.1) is 0 Å². The summed E-state index contributed by atoms with van der Waals surface area (Å²) in [7, 11) is 0. The molecule has 1 aromatic carbocycles. The van der Waals surface area contributed by atoms with Crippen LogP contribution >= 0.6 is 0 Å². The molecule has 6 heteroatoms. The molecule has 0 saturated carbocycles. The van der Waals surface area contributed by atoms with Crippen LogP contribution in [0.1, 0.15) is 15.9 Å². The molecule has 0 radical (unpaired) electrons. The van der Waals surface area contributed by atoms with Crippen molar-refractivity contribution in [3.8, 4) is 5.75 Å². The smallest absolute Gasteiger partial charge is 0.267 e. The third-order valence-corrected chi connectivity index (χ3v) is 1.86. The Labute approximate surface area is 91.0 Å². The van der Waals surface area contributed by atoms with Gasteiger partial charge in [-0.3, -0.25) is 14.8 Å². The summed E-state index contributed by atoms with van der Waals surface area (Å²) < 4.78 is 0. The van der Waals surface area contributed by atoms with E-state index in [9.17, 15) is 14.7 Å². The van der Waals surface area contributed by atoms with Crippen LogP contribution in [0.3, 0.4) is 0 Å². The van der Waals surface area contributed by atoms with Crippen molar-refractivity contribution in [1.29, 1.82) is 0 Å². The SMILES string of the molecule is NC(=O)c1cccc(/C=C/C(=O)NO)c1O. The van der Waals surface area contributed by atoms with Crippen molar-refractivity contribution in [2.75, 3.05) is 0 Å². The summed E-state index contributed by atoms with van der Waals surface area (Å²) in [6.45, 7) is 0. The summed E-state index contributed by atoms with van der Waals surface area (Å²) >= 11 is 0. The minimum Gasteiger partial charge on any atom is -0.506 e. The van der Waals surface area contributed by atoms with Gasteiger partial charge in [-0.1, -0.05) is 12.1 Å². The summed E-state index contributed by atoms with van der Waals surface area (Å²) in [5.41, 5.74) is 6.63. The molecule has 0 aromatic heterocycles. The molecule has 6 nitrogen and oxygen atoms in total. The number of nitrogens with one attached hydrogen (secondary N) is 1. The molecule has 0 spiro atoms. The summed E-state index contributed by atoms with van der Waals surface area (Å²) in [6.07, 6.45) is 2.24. The van der Waals surface area contributed by atoms with E-state index >= 15 is 0 Å². The first-order valence-corrected chi connectivity index (χ1v) is 4.30. The molecule has 5 N–H and O–H groups in total. The predicted octanol–water partition coefficient (Wildman–Crippen LogP) is 0.00970. The monoisotopic (exact) mass is 222 g/mol. The van der Waals surface area contributed by atoms with Gasteiger partial charge in [-0.05, 0) is 12.1 Å². The van der Waals surface area contributed by atoms with Crippen LogP contribution in [0.4, 0.5) is 0 Å². The van der Waals surface area contributed by atoms with E-state index in [1.165, 1.54) is 29.8 Å². The van der Waals surface area contributed by atoms with Crippen LogP contribution in [0.25, 0.3) is 6.08 Å². The second-order valence-electron chi connectivity index (χ2n) is 2.92. The molecule has 0 unspecified atom stereocenters. The van der Waals surface area contributed by atoms with E-state index in [2.05, 4.69) is 0 Å². The van der Waals surface area contributed by atoms with Crippen LogP contribution < -0.4 is 11.2 Å². The Kier molecular flexibility index (Phi) is 3.62. The van der Waals surface area contributed by atoms with E-state index in [-0.39, 0.29) is 16.9 Å². The lowest BCUT2D eigenvalue weighted by atomic mass is 10.1. The van der Waals surface area contributed by atoms with Crippen LogP contribution in [-0.2, 0) is 4.79 Å². The first kappa shape index (κ1) is 11.7. The average Bonchev–Trinajstić information content (AvgIpc) is 2.26. The normalized spacial score (nSPS) is 10.3. The van der Waals surface area contributed by atoms with Crippen molar-refractivity contribution in [2.24, 2.45) is 5.73 Å². The molecule has 0 aliphatic heterocycles. The fourth-order valence-electron chi connectivity index (χ4n) is 1.10. The zero-order chi connectivity index (χ0) is 12.1. The number of benzene rings is 1. The standard InChI is InChI=1S/C10H10N2O4/c11-10(15)7-3-1-2-6(9(7)14)4-5-8(13)12-16/h1-5,14,16H,(H2,11,15)(H,12,13)/b5-4+. The van der Waals surface area contributed by atoms with E-state index in [0.717, 1.165) is 6.08 Å². The number of rotatable bonds is 3. The Morgan fingerprint density at radius 2 is 2.06 bits per heavy atom. The van der Waals surface area contributed by atoms with Gasteiger partial charge in [-0.2, -0.15) is 0 Å². The Morgan fingerprint density at radius 3 is 2.62 bits per heavy atom. The maximum atomic E-state index is 10.9. The molecule has 84 valence electrons. The van der Waals surface area contributed by atoms with Gasteiger partial charge in [0.1, 0.15) is 5.75 Å². The fraction of sp³-hybridized carbons (Fsp3) is 0. The van der Waals surface area contributed by atoms with Gasteiger partial charge < -0.3 is 10.8 Å². The number of aromatic hydroxyl groups is 1. The van der Waals surface area contributed by atoms with E-state index in [1.54, 1.807) is 0 Å². The van der Waals surface area contributed by atoms with Crippen molar-refractivity contribution in [3.63, 3.8) is 0 Å². The first-order chi connectivity index (χ1) is 7.56. The second kappa shape index (κ2) is 4.94. The molecular weight excluding hydrogens is 212 g/mol. The second-order valence-corrected chi connectivity index (χ2v) is 2.92. The van der Waals surface area contributed by atoms with Crippen molar-refractivity contribution in [1.82, 2.24) is 5.48 Å². The molecular formula is C10H10N2O4. The third kappa shape index (κ3) is 2.58. The summed E-state index contributed by atoms with van der Waals surface area (Å²) in [4.78, 5) is 21.6. The Hall–Kier alpha value is -2.34. The molecule has 0 heterocycles. The van der Waals surface area contributed by atoms with Gasteiger partial charge in [-0.25, -0.2) is 5.48 Å². The number of primary amides is 1. The zero-order valence-corrected chi connectivity index (χ0v) is 8.18. The van der Waals surface area contributed by atoms with Crippen LogP contribution in [0.15, 0.2) is 24.3 Å². The highest BCUT2D eigenvalue weighted by atomic mass is 16.5. The number of hydroxylamine groups is 1. The molecule has 0 aliphatic carbocycles. The molecule has 0 saturated heterocycles. The largest absolute Gasteiger partial charge is 0.506 e. The fourth-order valence-corrected chi connectivity index (χ4v) is 1.10. The number of hydrogen-bond donors (Lipinski definition) is 4. The minimum atomic E-state index is -0.764. The highest BCUT2D eigenvalue weighted by Crippen LogP contribution is 2.22. The van der Waals surface area contributed by atoms with E-state index in [4.69, 9.17) is 10.9 Å². The Bertz CT molecular complexity index is 454. The number of carbonyl (C=O) groups excluding carboxylic acids is 2. The number of nitrogens with two attached hydrogens (primary N) is 1. The van der Waals surface area contributed by atoms with Crippen LogP contribution in [-0.4, -0.2) is 22.1 Å². The predicted molar refractivity (Wildman–Crippen MR) is 55.6 cm³/mol. The van der Waals surface area contributed by atoms with E-state index in [0.29, 0.717) is 0 Å². The molecule has 0 bridgehead atoms. The van der Waals surface area contributed by atoms with Crippen LogP contribution in [0.5, 0.6) is 5.75 Å². The van der Waals surface area contributed by atoms with Gasteiger partial charge >= 0.3 is 0 Å². The lowest BCUT2D eigenvalue weighted by Crippen LogP contribution is -2.15. The number of para-hydroxylation sites is 1. The molecule has 16 heavy (non-hydrogen) atoms. The molecule has 1 rings (SSSR count). The first-order valence-electron chi connectivity index (χ1n) is 4.30. The van der Waals surface area contributed by atoms with Crippen LogP contribution in [0.2, 0.25) is 0 Å². The summed E-state index contributed by atoms with van der Waals surface area (Å²) in [5, 5.41) is 17.8. The van der Waals surface area contributed by atoms with Gasteiger partial charge in [0.25, 0.3) is 11.8 Å². The van der Waals surface area contributed by atoms with Crippen LogP contribution in [0, 0.1) is 0 Å². The minimum absolute atomic E-state index is 0.0356. The maximum Gasteiger partial charge on any atom is 0.267 e. The number of carbonyl (C=O) groups is 2. The summed E-state index contributed by atoms with van der Waals surface area (Å²) in [6, 6.07) is 4.36. The Balaban J connectivity index is 3.07. The highest BCUT2D eigenvalue weighted by Gasteiger charge is 2.09. The maximum absolute atomic E-state index is 10.9. The Morgan fingerprint density at radius 1 is 1.38 bits per heavy atom. The quantitative estimate of drug-likeness (QED) is 0.328. The summed E-state index contributed by atoms with van der Waals surface area (Å²) in [5.74, 6) is -1.82. The van der Waals surface area contributed by atoms with Gasteiger partial charge in [0, 0.05) is 11.6 Å². The third-order valence-electron chi connectivity index (χ3n) is 1.86. The highest BCUT2D eigenvalue weighted by molar-refractivity contribution is 5.97. The molecule has 1 aromatic rings. The molecule has 0 atom stereocenters. The number of amides is 2. The van der Waals surface area contributed by atoms with Gasteiger partial charge in [0.15, 0.2) is 0 Å². The molecule has 2 amide bonds. The van der Waals surface area contributed by atoms with Crippen molar-refractivity contribution >= 4 is 17.9 Å².